The van der Waals surface area contributed by atoms with Crippen LogP contribution in [0.15, 0.2) is 17.1 Å². The van der Waals surface area contributed by atoms with E-state index in [4.69, 9.17) is 10.00 Å². The van der Waals surface area contributed by atoms with Crippen molar-refractivity contribution in [3.05, 3.63) is 33.7 Å². The Morgan fingerprint density at radius 2 is 2.50 bits per heavy atom. The molecule has 2 heterocycles. The highest BCUT2D eigenvalue weighted by Crippen LogP contribution is 2.24. The zero-order valence-electron chi connectivity index (χ0n) is 7.62. The molecule has 1 aliphatic heterocycles. The topological polar surface area (TPSA) is 65.9 Å². The summed E-state index contributed by atoms with van der Waals surface area (Å²) in [7, 11) is 0. The van der Waals surface area contributed by atoms with Crippen LogP contribution in [-0.4, -0.2) is 18.2 Å². The molecule has 0 aliphatic carbocycles. The molecular formula is C10H10N2O2. The van der Waals surface area contributed by atoms with Gasteiger partial charge in [-0.05, 0) is 18.1 Å². The SMILES string of the molecule is N#Cc1cc(C2CCOC2)c[nH]c1=O. The molecule has 0 aromatic carbocycles. The van der Waals surface area contributed by atoms with Crippen molar-refractivity contribution in [2.75, 3.05) is 13.2 Å². The number of nitrogens with one attached hydrogen (secondary N) is 1. The van der Waals surface area contributed by atoms with Crippen LogP contribution >= 0.6 is 0 Å². The highest BCUT2D eigenvalue weighted by Gasteiger charge is 2.18. The third-order valence-electron chi connectivity index (χ3n) is 2.45. The molecule has 1 saturated heterocycles. The standard InChI is InChI=1S/C10H10N2O2/c11-4-8-3-9(5-12-10(8)13)7-1-2-14-6-7/h3,5,7H,1-2,6H2,(H,12,13). The summed E-state index contributed by atoms with van der Waals surface area (Å²) in [6.07, 6.45) is 2.62. The molecule has 0 bridgehead atoms. The normalized spacial score (nSPS) is 20.6. The Balaban J connectivity index is 2.36. The third kappa shape index (κ3) is 1.54. The monoisotopic (exact) mass is 190 g/mol. The predicted octanol–water partition coefficient (Wildman–Crippen LogP) is 0.750. The molecule has 1 aromatic rings. The fourth-order valence-corrected chi connectivity index (χ4v) is 1.62. The molecule has 0 saturated carbocycles. The van der Waals surface area contributed by atoms with Crippen molar-refractivity contribution in [3.63, 3.8) is 0 Å². The largest absolute Gasteiger partial charge is 0.381 e. The van der Waals surface area contributed by atoms with Gasteiger partial charge in [-0.2, -0.15) is 5.26 Å². The lowest BCUT2D eigenvalue weighted by atomic mass is 9.99. The molecule has 0 spiro atoms. The Bertz CT molecular complexity index is 424. The van der Waals surface area contributed by atoms with Crippen molar-refractivity contribution in [1.82, 2.24) is 4.98 Å². The lowest BCUT2D eigenvalue weighted by Gasteiger charge is -2.06. The van der Waals surface area contributed by atoms with E-state index in [0.717, 1.165) is 18.6 Å². The third-order valence-corrected chi connectivity index (χ3v) is 2.45. The van der Waals surface area contributed by atoms with Crippen LogP contribution in [0.1, 0.15) is 23.5 Å². The number of ether oxygens (including phenoxy) is 1. The van der Waals surface area contributed by atoms with Gasteiger partial charge in [-0.1, -0.05) is 0 Å². The second-order valence-electron chi connectivity index (χ2n) is 3.35. The van der Waals surface area contributed by atoms with Gasteiger partial charge >= 0.3 is 0 Å². The number of H-pyrrole nitrogens is 1. The zero-order valence-corrected chi connectivity index (χ0v) is 7.62. The molecule has 2 rings (SSSR count). The van der Waals surface area contributed by atoms with Crippen LogP contribution < -0.4 is 5.56 Å². The van der Waals surface area contributed by atoms with E-state index in [1.54, 1.807) is 12.3 Å². The van der Waals surface area contributed by atoms with Gasteiger partial charge in [0.1, 0.15) is 11.6 Å². The number of rotatable bonds is 1. The number of hydrogen-bond acceptors (Lipinski definition) is 3. The molecule has 4 heteroatoms. The number of nitriles is 1. The number of nitrogens with zero attached hydrogens (tertiary/aromatic N) is 1. The van der Waals surface area contributed by atoms with Crippen LogP contribution in [-0.2, 0) is 4.74 Å². The fraction of sp³-hybridized carbons (Fsp3) is 0.400. The highest BCUT2D eigenvalue weighted by molar-refractivity contribution is 5.31. The summed E-state index contributed by atoms with van der Waals surface area (Å²) in [4.78, 5) is 13.7. The van der Waals surface area contributed by atoms with E-state index in [2.05, 4.69) is 4.98 Å². The van der Waals surface area contributed by atoms with Crippen molar-refractivity contribution in [2.45, 2.75) is 12.3 Å². The molecule has 1 aliphatic rings. The highest BCUT2D eigenvalue weighted by atomic mass is 16.5. The Kier molecular flexibility index (Phi) is 2.33. The summed E-state index contributed by atoms with van der Waals surface area (Å²) < 4.78 is 5.24. The number of hydrogen-bond donors (Lipinski definition) is 1. The van der Waals surface area contributed by atoms with Gasteiger partial charge in [0, 0.05) is 18.7 Å². The molecule has 1 atom stereocenters. The summed E-state index contributed by atoms with van der Waals surface area (Å²) in [5.41, 5.74) is 0.836. The van der Waals surface area contributed by atoms with Crippen molar-refractivity contribution in [2.24, 2.45) is 0 Å². The van der Waals surface area contributed by atoms with Gasteiger partial charge in [0.2, 0.25) is 0 Å². The minimum atomic E-state index is -0.324. The van der Waals surface area contributed by atoms with Gasteiger partial charge in [-0.25, -0.2) is 0 Å². The Morgan fingerprint density at radius 1 is 1.64 bits per heavy atom. The molecule has 4 nitrogen and oxygen atoms in total. The van der Waals surface area contributed by atoms with E-state index in [1.165, 1.54) is 0 Å². The Hall–Kier alpha value is -1.60. The van der Waals surface area contributed by atoms with Crippen LogP contribution in [0.5, 0.6) is 0 Å². The van der Waals surface area contributed by atoms with Crippen LogP contribution in [0.2, 0.25) is 0 Å². The average Bonchev–Trinajstić information content (AvgIpc) is 2.71. The predicted molar refractivity (Wildman–Crippen MR) is 50.0 cm³/mol. The van der Waals surface area contributed by atoms with Gasteiger partial charge in [0.15, 0.2) is 0 Å². The summed E-state index contributed by atoms with van der Waals surface area (Å²) in [6.45, 7) is 1.43. The van der Waals surface area contributed by atoms with E-state index in [9.17, 15) is 4.79 Å². The smallest absolute Gasteiger partial charge is 0.265 e. The summed E-state index contributed by atoms with van der Waals surface area (Å²) in [5, 5.41) is 8.68. The van der Waals surface area contributed by atoms with Crippen LogP contribution in [0.25, 0.3) is 0 Å². The molecule has 1 aromatic heterocycles. The van der Waals surface area contributed by atoms with E-state index >= 15 is 0 Å². The molecule has 1 fully saturated rings. The molecular weight excluding hydrogens is 180 g/mol. The maximum absolute atomic E-state index is 11.1. The first-order valence-corrected chi connectivity index (χ1v) is 4.51. The van der Waals surface area contributed by atoms with E-state index < -0.39 is 0 Å². The molecule has 1 unspecified atom stereocenters. The number of aromatic amines is 1. The first-order chi connectivity index (χ1) is 6.81. The van der Waals surface area contributed by atoms with E-state index in [1.807, 2.05) is 6.07 Å². The second kappa shape index (κ2) is 3.64. The van der Waals surface area contributed by atoms with E-state index in [-0.39, 0.29) is 11.1 Å². The second-order valence-corrected chi connectivity index (χ2v) is 3.35. The van der Waals surface area contributed by atoms with Crippen molar-refractivity contribution in [1.29, 1.82) is 5.26 Å². The number of pyridine rings is 1. The summed E-state index contributed by atoms with van der Waals surface area (Å²) in [5.74, 6) is 0.318. The summed E-state index contributed by atoms with van der Waals surface area (Å²) >= 11 is 0. The lowest BCUT2D eigenvalue weighted by molar-refractivity contribution is 0.194. The molecule has 0 amide bonds. The maximum atomic E-state index is 11.1. The quantitative estimate of drug-likeness (QED) is 0.710. The van der Waals surface area contributed by atoms with Crippen LogP contribution in [0, 0.1) is 11.3 Å². The van der Waals surface area contributed by atoms with Gasteiger partial charge in [-0.3, -0.25) is 4.79 Å². The first-order valence-electron chi connectivity index (χ1n) is 4.51. The van der Waals surface area contributed by atoms with Gasteiger partial charge in [0.25, 0.3) is 5.56 Å². The molecule has 14 heavy (non-hydrogen) atoms. The van der Waals surface area contributed by atoms with Crippen molar-refractivity contribution in [3.8, 4) is 6.07 Å². The minimum Gasteiger partial charge on any atom is -0.381 e. The molecule has 1 N–H and O–H groups in total. The molecule has 72 valence electrons. The average molecular weight is 190 g/mol. The van der Waals surface area contributed by atoms with E-state index in [0.29, 0.717) is 12.5 Å². The van der Waals surface area contributed by atoms with Crippen molar-refractivity contribution < 1.29 is 4.74 Å². The summed E-state index contributed by atoms with van der Waals surface area (Å²) in [6, 6.07) is 3.53. The van der Waals surface area contributed by atoms with Gasteiger partial charge < -0.3 is 9.72 Å². The van der Waals surface area contributed by atoms with Crippen LogP contribution in [0.3, 0.4) is 0 Å². The van der Waals surface area contributed by atoms with Gasteiger partial charge in [-0.15, -0.1) is 0 Å². The molecule has 0 radical (unpaired) electrons. The lowest BCUT2D eigenvalue weighted by Crippen LogP contribution is -2.11. The fourth-order valence-electron chi connectivity index (χ4n) is 1.62. The first kappa shape index (κ1) is 8.97. The van der Waals surface area contributed by atoms with Gasteiger partial charge in [0.05, 0.1) is 6.61 Å². The Morgan fingerprint density at radius 3 is 3.14 bits per heavy atom. The van der Waals surface area contributed by atoms with Crippen LogP contribution in [0.4, 0.5) is 0 Å². The van der Waals surface area contributed by atoms with Crippen molar-refractivity contribution >= 4 is 0 Å². The minimum absolute atomic E-state index is 0.175. The number of aromatic nitrogens is 1. The Labute approximate surface area is 81.1 Å². The zero-order chi connectivity index (χ0) is 9.97. The maximum Gasteiger partial charge on any atom is 0.265 e.